The maximum atomic E-state index is 12.4. The highest BCUT2D eigenvalue weighted by atomic mass is 32.1. The van der Waals surface area contributed by atoms with Crippen LogP contribution in [0, 0.1) is 6.92 Å². The van der Waals surface area contributed by atoms with Gasteiger partial charge in [-0.1, -0.05) is 6.92 Å². The van der Waals surface area contributed by atoms with Crippen LogP contribution in [0.25, 0.3) is 0 Å². The maximum Gasteiger partial charge on any atom is 0.348 e. The SMILES string of the molecule is CCc1sc(C(=O)OCC(=O)N2CCN(c3ccc(OC)cc3)CC2)cc1C. The van der Waals surface area contributed by atoms with Gasteiger partial charge in [0.1, 0.15) is 10.6 Å². The minimum Gasteiger partial charge on any atom is -0.497 e. The molecule has 1 aliphatic heterocycles. The van der Waals surface area contributed by atoms with Crippen molar-refractivity contribution in [2.75, 3.05) is 44.8 Å². The van der Waals surface area contributed by atoms with Crippen molar-refractivity contribution >= 4 is 28.9 Å². The molecular formula is C21H26N2O4S. The van der Waals surface area contributed by atoms with Crippen molar-refractivity contribution < 1.29 is 19.1 Å². The summed E-state index contributed by atoms with van der Waals surface area (Å²) in [5.74, 6) is 0.260. The minimum atomic E-state index is -0.419. The number of esters is 1. The van der Waals surface area contributed by atoms with E-state index in [2.05, 4.69) is 11.8 Å². The standard InChI is InChI=1S/C21H26N2O4S/c1-4-18-15(2)13-19(28-18)21(25)27-14-20(24)23-11-9-22(10-12-23)16-5-7-17(26-3)8-6-16/h5-8,13H,4,9-12,14H2,1-3H3. The van der Waals surface area contributed by atoms with E-state index in [1.807, 2.05) is 37.3 Å². The van der Waals surface area contributed by atoms with Gasteiger partial charge in [-0.05, 0) is 49.2 Å². The Morgan fingerprint density at radius 1 is 1.11 bits per heavy atom. The molecule has 150 valence electrons. The van der Waals surface area contributed by atoms with E-state index in [0.29, 0.717) is 18.0 Å². The Morgan fingerprint density at radius 3 is 2.36 bits per heavy atom. The largest absolute Gasteiger partial charge is 0.497 e. The second-order valence-corrected chi connectivity index (χ2v) is 7.85. The zero-order valence-corrected chi connectivity index (χ0v) is 17.4. The third-order valence-corrected chi connectivity index (χ3v) is 6.30. The summed E-state index contributed by atoms with van der Waals surface area (Å²) in [6.45, 7) is 6.55. The number of nitrogens with zero attached hydrogens (tertiary/aromatic N) is 2. The summed E-state index contributed by atoms with van der Waals surface area (Å²) in [5, 5.41) is 0. The number of benzene rings is 1. The van der Waals surface area contributed by atoms with Crippen LogP contribution in [-0.2, 0) is 16.0 Å². The zero-order chi connectivity index (χ0) is 20.1. The lowest BCUT2D eigenvalue weighted by molar-refractivity contribution is -0.134. The number of methoxy groups -OCH3 is 1. The van der Waals surface area contributed by atoms with Gasteiger partial charge in [0.15, 0.2) is 6.61 Å². The molecule has 1 fully saturated rings. The average molecular weight is 403 g/mol. The monoisotopic (exact) mass is 402 g/mol. The van der Waals surface area contributed by atoms with Crippen LogP contribution in [0.1, 0.15) is 27.0 Å². The van der Waals surface area contributed by atoms with Gasteiger partial charge in [-0.3, -0.25) is 4.79 Å². The predicted octanol–water partition coefficient (Wildman–Crippen LogP) is 3.13. The van der Waals surface area contributed by atoms with Crippen molar-refractivity contribution in [3.05, 3.63) is 45.6 Å². The Bertz CT molecular complexity index is 823. The Hall–Kier alpha value is -2.54. The lowest BCUT2D eigenvalue weighted by atomic mass is 10.2. The number of aryl methyl sites for hydroxylation is 2. The fourth-order valence-corrected chi connectivity index (χ4v) is 4.28. The van der Waals surface area contributed by atoms with Gasteiger partial charge < -0.3 is 19.3 Å². The third kappa shape index (κ3) is 4.65. The van der Waals surface area contributed by atoms with Gasteiger partial charge in [0.25, 0.3) is 5.91 Å². The molecule has 1 aliphatic rings. The Balaban J connectivity index is 1.47. The molecule has 0 atom stereocenters. The van der Waals surface area contributed by atoms with E-state index in [0.717, 1.165) is 36.5 Å². The lowest BCUT2D eigenvalue weighted by Crippen LogP contribution is -2.49. The summed E-state index contributed by atoms with van der Waals surface area (Å²) >= 11 is 1.44. The highest BCUT2D eigenvalue weighted by Crippen LogP contribution is 2.23. The molecule has 1 aromatic heterocycles. The third-order valence-electron chi connectivity index (χ3n) is 4.94. The van der Waals surface area contributed by atoms with Crippen molar-refractivity contribution in [3.8, 4) is 5.75 Å². The van der Waals surface area contributed by atoms with E-state index >= 15 is 0 Å². The summed E-state index contributed by atoms with van der Waals surface area (Å²) in [4.78, 5) is 30.3. The van der Waals surface area contributed by atoms with Crippen LogP contribution < -0.4 is 9.64 Å². The van der Waals surface area contributed by atoms with Gasteiger partial charge in [0.2, 0.25) is 0 Å². The summed E-state index contributed by atoms with van der Waals surface area (Å²) in [6, 6.07) is 9.74. The van der Waals surface area contributed by atoms with Gasteiger partial charge in [0, 0.05) is 36.7 Å². The molecule has 7 heteroatoms. The summed E-state index contributed by atoms with van der Waals surface area (Å²) in [6.07, 6.45) is 0.890. The normalized spacial score (nSPS) is 14.1. The minimum absolute atomic E-state index is 0.147. The molecule has 2 heterocycles. The summed E-state index contributed by atoms with van der Waals surface area (Å²) < 4.78 is 10.4. The van der Waals surface area contributed by atoms with Gasteiger partial charge in [-0.15, -0.1) is 11.3 Å². The smallest absolute Gasteiger partial charge is 0.348 e. The topological polar surface area (TPSA) is 59.1 Å². The maximum absolute atomic E-state index is 12.4. The molecule has 0 bridgehead atoms. The number of rotatable bonds is 6. The second-order valence-electron chi connectivity index (χ2n) is 6.71. The highest BCUT2D eigenvalue weighted by Gasteiger charge is 2.23. The van der Waals surface area contributed by atoms with Crippen LogP contribution in [0.3, 0.4) is 0 Å². The summed E-state index contributed by atoms with van der Waals surface area (Å²) in [7, 11) is 1.65. The molecule has 0 saturated carbocycles. The van der Waals surface area contributed by atoms with Gasteiger partial charge in [-0.2, -0.15) is 0 Å². The Labute approximate surface area is 169 Å². The molecule has 0 N–H and O–H groups in total. The molecule has 0 unspecified atom stereocenters. The molecule has 0 radical (unpaired) electrons. The van der Waals surface area contributed by atoms with E-state index in [1.54, 1.807) is 12.0 Å². The van der Waals surface area contributed by atoms with Gasteiger partial charge in [0.05, 0.1) is 7.11 Å². The number of ether oxygens (including phenoxy) is 2. The zero-order valence-electron chi connectivity index (χ0n) is 16.6. The number of anilines is 1. The van der Waals surface area contributed by atoms with E-state index in [-0.39, 0.29) is 12.5 Å². The molecular weight excluding hydrogens is 376 g/mol. The fourth-order valence-electron chi connectivity index (χ4n) is 3.27. The lowest BCUT2D eigenvalue weighted by Gasteiger charge is -2.36. The van der Waals surface area contributed by atoms with Gasteiger partial charge >= 0.3 is 5.97 Å². The molecule has 2 aromatic rings. The van der Waals surface area contributed by atoms with Crippen molar-refractivity contribution in [2.45, 2.75) is 20.3 Å². The molecule has 3 rings (SSSR count). The first-order valence-corrected chi connectivity index (χ1v) is 10.3. The molecule has 0 spiro atoms. The van der Waals surface area contributed by atoms with Crippen LogP contribution >= 0.6 is 11.3 Å². The number of hydrogen-bond acceptors (Lipinski definition) is 6. The highest BCUT2D eigenvalue weighted by molar-refractivity contribution is 7.14. The molecule has 6 nitrogen and oxygen atoms in total. The van der Waals surface area contributed by atoms with Crippen molar-refractivity contribution in [1.29, 1.82) is 0 Å². The first-order valence-electron chi connectivity index (χ1n) is 9.45. The van der Waals surface area contributed by atoms with Crippen molar-refractivity contribution in [1.82, 2.24) is 4.90 Å². The van der Waals surface area contributed by atoms with E-state index in [4.69, 9.17) is 9.47 Å². The van der Waals surface area contributed by atoms with Crippen LogP contribution in [0.5, 0.6) is 5.75 Å². The number of carbonyl (C=O) groups excluding carboxylic acids is 2. The number of amides is 1. The number of thiophene rings is 1. The number of piperazine rings is 1. The molecule has 0 aliphatic carbocycles. The number of carbonyl (C=O) groups is 2. The van der Waals surface area contributed by atoms with E-state index < -0.39 is 5.97 Å². The molecule has 1 saturated heterocycles. The van der Waals surface area contributed by atoms with Crippen molar-refractivity contribution in [3.63, 3.8) is 0 Å². The van der Waals surface area contributed by atoms with E-state index in [1.165, 1.54) is 16.2 Å². The predicted molar refractivity (Wildman–Crippen MR) is 111 cm³/mol. The quantitative estimate of drug-likeness (QED) is 0.695. The van der Waals surface area contributed by atoms with Crippen LogP contribution in [0.2, 0.25) is 0 Å². The van der Waals surface area contributed by atoms with Crippen LogP contribution in [0.15, 0.2) is 30.3 Å². The Morgan fingerprint density at radius 2 is 1.79 bits per heavy atom. The molecule has 28 heavy (non-hydrogen) atoms. The van der Waals surface area contributed by atoms with Crippen LogP contribution in [-0.4, -0.2) is 56.7 Å². The van der Waals surface area contributed by atoms with E-state index in [9.17, 15) is 9.59 Å². The Kier molecular flexibility index (Phi) is 6.57. The van der Waals surface area contributed by atoms with Gasteiger partial charge in [-0.25, -0.2) is 4.79 Å². The number of hydrogen-bond donors (Lipinski definition) is 0. The second kappa shape index (κ2) is 9.10. The first-order chi connectivity index (χ1) is 13.5. The molecule has 1 amide bonds. The summed E-state index contributed by atoms with van der Waals surface area (Å²) in [5.41, 5.74) is 2.21. The fraction of sp³-hybridized carbons (Fsp3) is 0.429. The first kappa shape index (κ1) is 20.2. The average Bonchev–Trinajstić information content (AvgIpc) is 3.12. The van der Waals surface area contributed by atoms with Crippen molar-refractivity contribution in [2.24, 2.45) is 0 Å². The molecule has 1 aromatic carbocycles. The van der Waals surface area contributed by atoms with Crippen LogP contribution in [0.4, 0.5) is 5.69 Å².